The lowest BCUT2D eigenvalue weighted by Gasteiger charge is -2.11. The van der Waals surface area contributed by atoms with E-state index in [1.165, 1.54) is 13.0 Å². The average molecular weight is 246 g/mol. The number of nitrogens with two attached hydrogens (primary N) is 1. The van der Waals surface area contributed by atoms with Gasteiger partial charge in [0.2, 0.25) is 5.91 Å². The molecule has 0 bridgehead atoms. The summed E-state index contributed by atoms with van der Waals surface area (Å²) in [4.78, 5) is 10.9. The quantitative estimate of drug-likeness (QED) is 0.486. The highest BCUT2D eigenvalue weighted by molar-refractivity contribution is 5.75. The Kier molecular flexibility index (Phi) is 4.11. The van der Waals surface area contributed by atoms with Gasteiger partial charge in [-0.1, -0.05) is 12.1 Å². The van der Waals surface area contributed by atoms with Crippen molar-refractivity contribution in [2.75, 3.05) is 0 Å². The van der Waals surface area contributed by atoms with Gasteiger partial charge in [-0.05, 0) is 30.5 Å². The van der Waals surface area contributed by atoms with E-state index in [4.69, 9.17) is 5.84 Å². The molecule has 0 atom stereocenters. The van der Waals surface area contributed by atoms with E-state index >= 15 is 0 Å². The molecule has 17 heavy (non-hydrogen) atoms. The molecule has 0 heterocycles. The predicted molar refractivity (Wildman–Crippen MR) is 56.8 cm³/mol. The first-order valence-corrected chi connectivity index (χ1v) is 5.00. The number of rotatable bonds is 3. The number of hydrazine groups is 1. The molecule has 0 saturated carbocycles. The van der Waals surface area contributed by atoms with Gasteiger partial charge >= 0.3 is 6.18 Å². The Morgan fingerprint density at radius 2 is 2.06 bits per heavy atom. The second kappa shape index (κ2) is 5.18. The second-order valence-corrected chi connectivity index (χ2v) is 3.71. The van der Waals surface area contributed by atoms with Crippen LogP contribution in [-0.4, -0.2) is 5.91 Å². The fourth-order valence-electron chi connectivity index (χ4n) is 1.46. The molecule has 0 spiro atoms. The number of carbonyl (C=O) groups excluding carboxylic acids is 1. The Bertz CT molecular complexity index is 416. The standard InChI is InChI=1S/C11H13F3N2O/c1-7-2-3-8(4-5-10(17)16-15)6-9(7)11(12,13)14/h2-3,6H,4-5,15H2,1H3,(H,16,17). The van der Waals surface area contributed by atoms with Crippen LogP contribution in [0.5, 0.6) is 0 Å². The lowest BCUT2D eigenvalue weighted by atomic mass is 10.0. The fourth-order valence-corrected chi connectivity index (χ4v) is 1.46. The van der Waals surface area contributed by atoms with Gasteiger partial charge in [-0.2, -0.15) is 13.2 Å². The van der Waals surface area contributed by atoms with Crippen molar-refractivity contribution >= 4 is 5.91 Å². The number of halogens is 3. The molecule has 0 unspecified atom stereocenters. The number of alkyl halides is 3. The molecular formula is C11H13F3N2O. The summed E-state index contributed by atoms with van der Waals surface area (Å²) >= 11 is 0. The van der Waals surface area contributed by atoms with Crippen LogP contribution in [0.3, 0.4) is 0 Å². The van der Waals surface area contributed by atoms with E-state index in [1.54, 1.807) is 6.07 Å². The molecule has 0 aliphatic carbocycles. The van der Waals surface area contributed by atoms with E-state index in [0.29, 0.717) is 5.56 Å². The van der Waals surface area contributed by atoms with Gasteiger partial charge in [0.25, 0.3) is 0 Å². The highest BCUT2D eigenvalue weighted by atomic mass is 19.4. The molecule has 0 aromatic heterocycles. The maximum absolute atomic E-state index is 12.6. The van der Waals surface area contributed by atoms with Crippen LogP contribution in [0.25, 0.3) is 0 Å². The van der Waals surface area contributed by atoms with Gasteiger partial charge in [0.05, 0.1) is 5.56 Å². The molecule has 3 nitrogen and oxygen atoms in total. The first-order chi connectivity index (χ1) is 7.84. The number of aryl methyl sites for hydroxylation is 2. The number of carbonyl (C=O) groups is 1. The Morgan fingerprint density at radius 1 is 1.41 bits per heavy atom. The van der Waals surface area contributed by atoms with Crippen LogP contribution in [-0.2, 0) is 17.4 Å². The van der Waals surface area contributed by atoms with Gasteiger partial charge in [0.1, 0.15) is 0 Å². The van der Waals surface area contributed by atoms with Crippen LogP contribution in [0, 0.1) is 6.92 Å². The Morgan fingerprint density at radius 3 is 2.59 bits per heavy atom. The molecule has 1 aromatic carbocycles. The first-order valence-electron chi connectivity index (χ1n) is 5.00. The van der Waals surface area contributed by atoms with Crippen LogP contribution in [0.15, 0.2) is 18.2 Å². The second-order valence-electron chi connectivity index (χ2n) is 3.71. The van der Waals surface area contributed by atoms with Crippen molar-refractivity contribution < 1.29 is 18.0 Å². The number of hydrogen-bond acceptors (Lipinski definition) is 2. The maximum Gasteiger partial charge on any atom is 0.416 e. The Labute approximate surface area is 96.8 Å². The SMILES string of the molecule is Cc1ccc(CCC(=O)NN)cc1C(F)(F)F. The third-order valence-corrected chi connectivity index (χ3v) is 2.41. The molecule has 0 saturated heterocycles. The van der Waals surface area contributed by atoms with E-state index < -0.39 is 17.6 Å². The molecule has 0 aliphatic heterocycles. The smallest absolute Gasteiger partial charge is 0.294 e. The minimum atomic E-state index is -4.36. The van der Waals surface area contributed by atoms with Crippen molar-refractivity contribution in [3.63, 3.8) is 0 Å². The highest BCUT2D eigenvalue weighted by Crippen LogP contribution is 2.32. The third kappa shape index (κ3) is 3.74. The maximum atomic E-state index is 12.6. The van der Waals surface area contributed by atoms with Crippen LogP contribution in [0.1, 0.15) is 23.1 Å². The van der Waals surface area contributed by atoms with Crippen molar-refractivity contribution in [2.45, 2.75) is 25.9 Å². The summed E-state index contributed by atoms with van der Waals surface area (Å²) in [6.45, 7) is 1.40. The van der Waals surface area contributed by atoms with Crippen molar-refractivity contribution in [1.29, 1.82) is 0 Å². The zero-order chi connectivity index (χ0) is 13.1. The molecule has 94 valence electrons. The van der Waals surface area contributed by atoms with Crippen molar-refractivity contribution in [2.24, 2.45) is 5.84 Å². The fraction of sp³-hybridized carbons (Fsp3) is 0.364. The molecule has 6 heteroatoms. The molecule has 1 aromatic rings. The molecule has 1 rings (SSSR count). The van der Waals surface area contributed by atoms with E-state index in [2.05, 4.69) is 0 Å². The molecule has 3 N–H and O–H groups in total. The van der Waals surface area contributed by atoms with Gasteiger partial charge < -0.3 is 0 Å². The van der Waals surface area contributed by atoms with Gasteiger partial charge in [-0.25, -0.2) is 5.84 Å². The van der Waals surface area contributed by atoms with Crippen molar-refractivity contribution in [1.82, 2.24) is 5.43 Å². The van der Waals surface area contributed by atoms with Gasteiger partial charge in [0, 0.05) is 6.42 Å². The predicted octanol–water partition coefficient (Wildman–Crippen LogP) is 1.94. The minimum Gasteiger partial charge on any atom is -0.294 e. The lowest BCUT2D eigenvalue weighted by molar-refractivity contribution is -0.138. The normalized spacial score (nSPS) is 11.4. The van der Waals surface area contributed by atoms with E-state index in [-0.39, 0.29) is 18.4 Å². The lowest BCUT2D eigenvalue weighted by Crippen LogP contribution is -2.30. The molecule has 0 aliphatic rings. The zero-order valence-corrected chi connectivity index (χ0v) is 9.27. The first kappa shape index (κ1) is 13.5. The Balaban J connectivity index is 2.86. The largest absolute Gasteiger partial charge is 0.416 e. The molecule has 1 amide bonds. The monoisotopic (exact) mass is 246 g/mol. The van der Waals surface area contributed by atoms with Crippen molar-refractivity contribution in [3.05, 3.63) is 34.9 Å². The summed E-state index contributed by atoms with van der Waals surface area (Å²) in [5.41, 5.74) is 1.90. The van der Waals surface area contributed by atoms with E-state index in [1.807, 2.05) is 5.43 Å². The number of amides is 1. The Hall–Kier alpha value is -1.56. The summed E-state index contributed by atoms with van der Waals surface area (Å²) in [5.74, 6) is 4.48. The van der Waals surface area contributed by atoms with Crippen LogP contribution in [0.2, 0.25) is 0 Å². The highest BCUT2D eigenvalue weighted by Gasteiger charge is 2.32. The van der Waals surface area contributed by atoms with Crippen LogP contribution < -0.4 is 11.3 Å². The summed E-state index contributed by atoms with van der Waals surface area (Å²) in [7, 11) is 0. The minimum absolute atomic E-state index is 0.0663. The summed E-state index contributed by atoms with van der Waals surface area (Å²) in [6, 6.07) is 4.05. The van der Waals surface area contributed by atoms with Crippen molar-refractivity contribution in [3.8, 4) is 0 Å². The van der Waals surface area contributed by atoms with Crippen LogP contribution in [0.4, 0.5) is 13.2 Å². The van der Waals surface area contributed by atoms with Crippen LogP contribution >= 0.6 is 0 Å². The number of hydrogen-bond donors (Lipinski definition) is 2. The summed E-state index contributed by atoms with van der Waals surface area (Å²) < 4.78 is 37.8. The summed E-state index contributed by atoms with van der Waals surface area (Å²) in [6.07, 6.45) is -4.07. The topological polar surface area (TPSA) is 55.1 Å². The third-order valence-electron chi connectivity index (χ3n) is 2.41. The number of nitrogens with one attached hydrogen (secondary N) is 1. The zero-order valence-electron chi connectivity index (χ0n) is 9.27. The van der Waals surface area contributed by atoms with E-state index in [9.17, 15) is 18.0 Å². The van der Waals surface area contributed by atoms with Gasteiger partial charge in [0.15, 0.2) is 0 Å². The average Bonchev–Trinajstić information content (AvgIpc) is 2.26. The molecular weight excluding hydrogens is 233 g/mol. The molecule has 0 fully saturated rings. The number of benzene rings is 1. The van der Waals surface area contributed by atoms with Gasteiger partial charge in [-0.3, -0.25) is 10.2 Å². The summed E-state index contributed by atoms with van der Waals surface area (Å²) in [5, 5.41) is 0. The van der Waals surface area contributed by atoms with Gasteiger partial charge in [-0.15, -0.1) is 0 Å². The molecule has 0 radical (unpaired) electrons. The van der Waals surface area contributed by atoms with E-state index in [0.717, 1.165) is 6.07 Å².